The van der Waals surface area contributed by atoms with Gasteiger partial charge in [0.1, 0.15) is 5.01 Å². The average Bonchev–Trinajstić information content (AvgIpc) is 3.17. The third-order valence-electron chi connectivity index (χ3n) is 2.86. The Bertz CT molecular complexity index is 736. The Balaban J connectivity index is 2.09. The first-order valence-corrected chi connectivity index (χ1v) is 7.34. The van der Waals surface area contributed by atoms with E-state index in [-0.39, 0.29) is 0 Å². The van der Waals surface area contributed by atoms with E-state index in [0.717, 1.165) is 21.1 Å². The van der Waals surface area contributed by atoms with Gasteiger partial charge in [-0.05, 0) is 13.0 Å². The molecule has 0 radical (unpaired) electrons. The van der Waals surface area contributed by atoms with Crippen LogP contribution in [-0.2, 0) is 4.74 Å². The smallest absolute Gasteiger partial charge is 0.358 e. The van der Waals surface area contributed by atoms with Gasteiger partial charge in [-0.3, -0.25) is 5.10 Å². The van der Waals surface area contributed by atoms with Gasteiger partial charge < -0.3 is 4.74 Å². The highest BCUT2D eigenvalue weighted by atomic mass is 32.1. The number of esters is 1. The molecule has 5 nitrogen and oxygen atoms in total. The Labute approximate surface area is 125 Å². The highest BCUT2D eigenvalue weighted by molar-refractivity contribution is 7.18. The van der Waals surface area contributed by atoms with Crippen molar-refractivity contribution < 1.29 is 9.53 Å². The van der Waals surface area contributed by atoms with Crippen molar-refractivity contribution in [1.82, 2.24) is 15.2 Å². The SMILES string of the molecule is CCOC(=O)c1nc(-c2ccccc2)sc1-c1ccn[nH]1. The van der Waals surface area contributed by atoms with Crippen LogP contribution in [-0.4, -0.2) is 27.8 Å². The van der Waals surface area contributed by atoms with Crippen molar-refractivity contribution in [3.63, 3.8) is 0 Å². The number of benzene rings is 1. The molecule has 2 heterocycles. The van der Waals surface area contributed by atoms with Crippen molar-refractivity contribution >= 4 is 17.3 Å². The summed E-state index contributed by atoms with van der Waals surface area (Å²) in [6.07, 6.45) is 1.65. The monoisotopic (exact) mass is 299 g/mol. The minimum atomic E-state index is -0.416. The van der Waals surface area contributed by atoms with E-state index in [1.165, 1.54) is 11.3 Å². The third-order valence-corrected chi connectivity index (χ3v) is 4.00. The summed E-state index contributed by atoms with van der Waals surface area (Å²) in [4.78, 5) is 17.3. The van der Waals surface area contributed by atoms with Gasteiger partial charge in [0.2, 0.25) is 0 Å². The second-order valence-electron chi connectivity index (χ2n) is 4.25. The molecule has 0 saturated heterocycles. The first kappa shape index (κ1) is 13.5. The second-order valence-corrected chi connectivity index (χ2v) is 5.25. The lowest BCUT2D eigenvalue weighted by molar-refractivity contribution is 0.0521. The number of carbonyl (C=O) groups is 1. The van der Waals surface area contributed by atoms with E-state index in [0.29, 0.717) is 12.3 Å². The Morgan fingerprint density at radius 3 is 2.76 bits per heavy atom. The number of hydrogen-bond acceptors (Lipinski definition) is 5. The van der Waals surface area contributed by atoms with Gasteiger partial charge in [-0.2, -0.15) is 5.10 Å². The summed E-state index contributed by atoms with van der Waals surface area (Å²) in [5.41, 5.74) is 2.06. The Kier molecular flexibility index (Phi) is 3.79. The number of rotatable bonds is 4. The number of carbonyl (C=O) groups excluding carboxylic acids is 1. The van der Waals surface area contributed by atoms with Crippen molar-refractivity contribution in [2.45, 2.75) is 6.92 Å². The fourth-order valence-corrected chi connectivity index (χ4v) is 2.96. The Hall–Kier alpha value is -2.47. The van der Waals surface area contributed by atoms with Gasteiger partial charge in [-0.1, -0.05) is 30.3 Å². The first-order valence-electron chi connectivity index (χ1n) is 6.52. The minimum Gasteiger partial charge on any atom is -0.461 e. The zero-order valence-electron chi connectivity index (χ0n) is 11.4. The van der Waals surface area contributed by atoms with E-state index in [1.807, 2.05) is 36.4 Å². The predicted molar refractivity (Wildman–Crippen MR) is 81.1 cm³/mol. The van der Waals surface area contributed by atoms with Gasteiger partial charge in [0.15, 0.2) is 5.69 Å². The summed E-state index contributed by atoms with van der Waals surface area (Å²) >= 11 is 1.44. The van der Waals surface area contributed by atoms with Crippen LogP contribution in [0.5, 0.6) is 0 Å². The lowest BCUT2D eigenvalue weighted by Gasteiger charge is -1.99. The molecule has 0 amide bonds. The average molecular weight is 299 g/mol. The summed E-state index contributed by atoms with van der Waals surface area (Å²) in [6.45, 7) is 2.09. The van der Waals surface area contributed by atoms with E-state index in [9.17, 15) is 4.79 Å². The predicted octanol–water partition coefficient (Wildman–Crippen LogP) is 3.38. The normalized spacial score (nSPS) is 10.5. The van der Waals surface area contributed by atoms with Gasteiger partial charge in [0.25, 0.3) is 0 Å². The number of aromatic amines is 1. The Morgan fingerprint density at radius 2 is 2.10 bits per heavy atom. The Morgan fingerprint density at radius 1 is 1.29 bits per heavy atom. The van der Waals surface area contributed by atoms with Crippen molar-refractivity contribution in [2.24, 2.45) is 0 Å². The zero-order valence-corrected chi connectivity index (χ0v) is 12.2. The fraction of sp³-hybridized carbons (Fsp3) is 0.133. The standard InChI is InChI=1S/C15H13N3O2S/c1-2-20-15(19)12-13(11-8-9-16-18-11)21-14(17-12)10-6-4-3-5-7-10/h3-9H,2H2,1H3,(H,16,18). The van der Waals surface area contributed by atoms with Gasteiger partial charge in [0, 0.05) is 11.8 Å². The largest absolute Gasteiger partial charge is 0.461 e. The van der Waals surface area contributed by atoms with Crippen LogP contribution in [0.25, 0.3) is 21.1 Å². The molecular formula is C15H13N3O2S. The van der Waals surface area contributed by atoms with Gasteiger partial charge in [-0.25, -0.2) is 9.78 Å². The van der Waals surface area contributed by atoms with E-state index >= 15 is 0 Å². The molecule has 1 N–H and O–H groups in total. The molecule has 106 valence electrons. The summed E-state index contributed by atoms with van der Waals surface area (Å²) in [5.74, 6) is -0.416. The minimum absolute atomic E-state index is 0.319. The second kappa shape index (κ2) is 5.88. The number of hydrogen-bond donors (Lipinski definition) is 1. The van der Waals surface area contributed by atoms with Crippen molar-refractivity contribution in [3.05, 3.63) is 48.3 Å². The highest BCUT2D eigenvalue weighted by Gasteiger charge is 2.21. The maximum absolute atomic E-state index is 12.1. The van der Waals surface area contributed by atoms with E-state index in [1.54, 1.807) is 13.1 Å². The summed E-state index contributed by atoms with van der Waals surface area (Å²) in [7, 11) is 0. The molecule has 6 heteroatoms. The van der Waals surface area contributed by atoms with E-state index in [2.05, 4.69) is 15.2 Å². The quantitative estimate of drug-likeness (QED) is 0.750. The summed E-state index contributed by atoms with van der Waals surface area (Å²) < 4.78 is 5.09. The first-order chi connectivity index (χ1) is 10.3. The van der Waals surface area contributed by atoms with Crippen LogP contribution in [0.1, 0.15) is 17.4 Å². The van der Waals surface area contributed by atoms with Crippen LogP contribution in [0.15, 0.2) is 42.6 Å². The molecular weight excluding hydrogens is 286 g/mol. The molecule has 21 heavy (non-hydrogen) atoms. The number of nitrogens with zero attached hydrogens (tertiary/aromatic N) is 2. The number of H-pyrrole nitrogens is 1. The van der Waals surface area contributed by atoms with Gasteiger partial charge in [-0.15, -0.1) is 11.3 Å². The third kappa shape index (κ3) is 2.71. The van der Waals surface area contributed by atoms with Crippen molar-refractivity contribution in [3.8, 4) is 21.1 Å². The zero-order chi connectivity index (χ0) is 14.7. The molecule has 3 aromatic rings. The lowest BCUT2D eigenvalue weighted by atomic mass is 10.2. The molecule has 0 spiro atoms. The molecule has 0 saturated carbocycles. The highest BCUT2D eigenvalue weighted by Crippen LogP contribution is 2.34. The molecule has 0 aliphatic heterocycles. The van der Waals surface area contributed by atoms with Crippen LogP contribution in [0.3, 0.4) is 0 Å². The molecule has 0 aliphatic carbocycles. The lowest BCUT2D eigenvalue weighted by Crippen LogP contribution is -2.06. The molecule has 2 aromatic heterocycles. The maximum Gasteiger partial charge on any atom is 0.358 e. The summed E-state index contributed by atoms with van der Waals surface area (Å²) in [5, 5.41) is 7.58. The number of thiazole rings is 1. The topological polar surface area (TPSA) is 67.9 Å². The number of aromatic nitrogens is 3. The van der Waals surface area contributed by atoms with Crippen molar-refractivity contribution in [2.75, 3.05) is 6.61 Å². The molecule has 0 aliphatic rings. The van der Waals surface area contributed by atoms with E-state index in [4.69, 9.17) is 4.74 Å². The van der Waals surface area contributed by atoms with E-state index < -0.39 is 5.97 Å². The molecule has 3 rings (SSSR count). The fourth-order valence-electron chi connectivity index (χ4n) is 1.93. The van der Waals surface area contributed by atoms with Crippen LogP contribution in [0.2, 0.25) is 0 Å². The molecule has 0 unspecified atom stereocenters. The van der Waals surface area contributed by atoms with Crippen LogP contribution < -0.4 is 0 Å². The maximum atomic E-state index is 12.1. The number of ether oxygens (including phenoxy) is 1. The van der Waals surface area contributed by atoms with Crippen molar-refractivity contribution in [1.29, 1.82) is 0 Å². The molecule has 0 bridgehead atoms. The van der Waals surface area contributed by atoms with Crippen LogP contribution >= 0.6 is 11.3 Å². The molecule has 1 aromatic carbocycles. The molecule has 0 atom stereocenters. The van der Waals surface area contributed by atoms with Gasteiger partial charge in [0.05, 0.1) is 17.2 Å². The van der Waals surface area contributed by atoms with Gasteiger partial charge >= 0.3 is 5.97 Å². The number of nitrogens with one attached hydrogen (secondary N) is 1. The summed E-state index contributed by atoms with van der Waals surface area (Å²) in [6, 6.07) is 11.6. The van der Waals surface area contributed by atoms with Crippen LogP contribution in [0, 0.1) is 0 Å². The molecule has 0 fully saturated rings. The van der Waals surface area contributed by atoms with Crippen LogP contribution in [0.4, 0.5) is 0 Å².